The summed E-state index contributed by atoms with van der Waals surface area (Å²) in [5.41, 5.74) is 3.03. The molecule has 6 nitrogen and oxygen atoms in total. The van der Waals surface area contributed by atoms with Crippen LogP contribution < -0.4 is 0 Å². The fraction of sp³-hybridized carbons (Fsp3) is 0.292. The highest BCUT2D eigenvalue weighted by Gasteiger charge is 2.30. The normalized spacial score (nSPS) is 16.6. The number of hydrogen-bond acceptors (Lipinski definition) is 4. The van der Waals surface area contributed by atoms with Gasteiger partial charge in [-0.2, -0.15) is 0 Å². The SMILES string of the molecule is Cc1nc2ccc(Cl)cn2c1C(=O)N1CCCC(c2ncc(Cc3cccc(Cl)c3)o2)C1. The molecule has 8 heteroatoms. The fourth-order valence-electron chi connectivity index (χ4n) is 4.35. The molecule has 4 heterocycles. The van der Waals surface area contributed by atoms with Crippen molar-refractivity contribution >= 4 is 34.8 Å². The first-order valence-corrected chi connectivity index (χ1v) is 11.4. The van der Waals surface area contributed by atoms with Crippen LogP contribution in [0.5, 0.6) is 0 Å². The van der Waals surface area contributed by atoms with Crippen LogP contribution in [-0.4, -0.2) is 38.3 Å². The Morgan fingerprint density at radius 3 is 2.94 bits per heavy atom. The lowest BCUT2D eigenvalue weighted by Gasteiger charge is -2.31. The zero-order valence-corrected chi connectivity index (χ0v) is 19.1. The van der Waals surface area contributed by atoms with E-state index in [0.717, 1.165) is 24.2 Å². The van der Waals surface area contributed by atoms with E-state index in [2.05, 4.69) is 9.97 Å². The zero-order chi connectivity index (χ0) is 22.2. The van der Waals surface area contributed by atoms with Crippen molar-refractivity contribution < 1.29 is 9.21 Å². The molecule has 0 spiro atoms. The summed E-state index contributed by atoms with van der Waals surface area (Å²) in [5, 5.41) is 1.26. The summed E-state index contributed by atoms with van der Waals surface area (Å²) < 4.78 is 7.84. The van der Waals surface area contributed by atoms with E-state index in [1.54, 1.807) is 22.9 Å². The Morgan fingerprint density at radius 1 is 1.22 bits per heavy atom. The largest absolute Gasteiger partial charge is 0.445 e. The van der Waals surface area contributed by atoms with E-state index < -0.39 is 0 Å². The van der Waals surface area contributed by atoms with E-state index >= 15 is 0 Å². The smallest absolute Gasteiger partial charge is 0.272 e. The van der Waals surface area contributed by atoms with Crippen LogP contribution in [0.4, 0.5) is 0 Å². The number of benzene rings is 1. The highest BCUT2D eigenvalue weighted by Crippen LogP contribution is 2.29. The number of aryl methyl sites for hydroxylation is 1. The van der Waals surface area contributed by atoms with Crippen molar-refractivity contribution in [3.8, 4) is 0 Å². The Kier molecular flexibility index (Phi) is 5.66. The minimum atomic E-state index is -0.0485. The quantitative estimate of drug-likeness (QED) is 0.393. The van der Waals surface area contributed by atoms with Crippen molar-refractivity contribution in [2.75, 3.05) is 13.1 Å². The Bertz CT molecular complexity index is 1300. The zero-order valence-electron chi connectivity index (χ0n) is 17.6. The van der Waals surface area contributed by atoms with Gasteiger partial charge in [0.1, 0.15) is 17.1 Å². The third-order valence-electron chi connectivity index (χ3n) is 5.86. The van der Waals surface area contributed by atoms with Crippen molar-refractivity contribution in [3.05, 3.63) is 87.4 Å². The summed E-state index contributed by atoms with van der Waals surface area (Å²) in [5.74, 6) is 1.48. The molecule has 1 aliphatic rings. The van der Waals surface area contributed by atoms with Crippen LogP contribution in [0.2, 0.25) is 10.0 Å². The molecule has 5 rings (SSSR count). The first-order chi connectivity index (χ1) is 15.5. The first-order valence-electron chi connectivity index (χ1n) is 10.6. The molecule has 1 atom stereocenters. The van der Waals surface area contributed by atoms with Gasteiger partial charge in [0.05, 0.1) is 22.8 Å². The number of oxazole rings is 1. The van der Waals surface area contributed by atoms with Gasteiger partial charge in [0.2, 0.25) is 0 Å². The van der Waals surface area contributed by atoms with Crippen molar-refractivity contribution in [2.24, 2.45) is 0 Å². The van der Waals surface area contributed by atoms with Crippen LogP contribution in [0, 0.1) is 6.92 Å². The number of piperidine rings is 1. The Morgan fingerprint density at radius 2 is 2.09 bits per heavy atom. The lowest BCUT2D eigenvalue weighted by atomic mass is 9.97. The molecule has 0 radical (unpaired) electrons. The Hall–Kier alpha value is -2.83. The minimum Gasteiger partial charge on any atom is -0.445 e. The standard InChI is InChI=1S/C24H22Cl2N4O2/c1-15-22(30-14-19(26)7-8-21(30)28-15)24(31)29-9-3-5-17(13-29)23-27-12-20(32-23)11-16-4-2-6-18(25)10-16/h2,4,6-8,10,12,14,17H,3,5,9,11,13H2,1H3. The number of hydrogen-bond donors (Lipinski definition) is 0. The molecule has 3 aromatic heterocycles. The molecular formula is C24H22Cl2N4O2. The van der Waals surface area contributed by atoms with E-state index in [1.165, 1.54) is 0 Å². The van der Waals surface area contributed by atoms with Crippen LogP contribution in [0.3, 0.4) is 0 Å². The van der Waals surface area contributed by atoms with E-state index in [9.17, 15) is 4.79 Å². The van der Waals surface area contributed by atoms with E-state index in [1.807, 2.05) is 42.2 Å². The van der Waals surface area contributed by atoms with Gasteiger partial charge < -0.3 is 9.32 Å². The maximum absolute atomic E-state index is 13.4. The number of imidazole rings is 1. The molecule has 1 amide bonds. The Labute approximate surface area is 195 Å². The van der Waals surface area contributed by atoms with Gasteiger partial charge in [-0.3, -0.25) is 9.20 Å². The number of amides is 1. The van der Waals surface area contributed by atoms with Gasteiger partial charge in [-0.25, -0.2) is 9.97 Å². The third kappa shape index (κ3) is 4.12. The van der Waals surface area contributed by atoms with Gasteiger partial charge in [-0.15, -0.1) is 0 Å². The maximum atomic E-state index is 13.4. The molecule has 1 aromatic carbocycles. The lowest BCUT2D eigenvalue weighted by molar-refractivity contribution is 0.0690. The van der Waals surface area contributed by atoms with E-state index in [-0.39, 0.29) is 11.8 Å². The van der Waals surface area contributed by atoms with Gasteiger partial charge in [0.15, 0.2) is 5.89 Å². The molecule has 1 aliphatic heterocycles. The number of aromatic nitrogens is 3. The molecular weight excluding hydrogens is 447 g/mol. The molecule has 1 saturated heterocycles. The van der Waals surface area contributed by atoms with Gasteiger partial charge >= 0.3 is 0 Å². The van der Waals surface area contributed by atoms with E-state index in [4.69, 9.17) is 27.6 Å². The summed E-state index contributed by atoms with van der Waals surface area (Å²) >= 11 is 12.2. The molecule has 0 aliphatic carbocycles. The monoisotopic (exact) mass is 468 g/mol. The average molecular weight is 469 g/mol. The predicted molar refractivity (Wildman–Crippen MR) is 124 cm³/mol. The predicted octanol–water partition coefficient (Wildman–Crippen LogP) is 5.55. The number of likely N-dealkylation sites (tertiary alicyclic amines) is 1. The summed E-state index contributed by atoms with van der Waals surface area (Å²) in [7, 11) is 0. The number of fused-ring (bicyclic) bond motifs is 1. The minimum absolute atomic E-state index is 0.0485. The summed E-state index contributed by atoms with van der Waals surface area (Å²) in [6, 6.07) is 11.3. The summed E-state index contributed by atoms with van der Waals surface area (Å²) in [6.07, 6.45) is 5.96. The summed E-state index contributed by atoms with van der Waals surface area (Å²) in [6.45, 7) is 3.10. The highest BCUT2D eigenvalue weighted by atomic mass is 35.5. The summed E-state index contributed by atoms with van der Waals surface area (Å²) in [4.78, 5) is 24.3. The molecule has 164 valence electrons. The number of carbonyl (C=O) groups is 1. The fourth-order valence-corrected chi connectivity index (χ4v) is 4.72. The number of halogens is 2. The van der Waals surface area contributed by atoms with E-state index in [0.29, 0.717) is 52.5 Å². The maximum Gasteiger partial charge on any atom is 0.272 e. The first kappa shape index (κ1) is 21.0. The van der Waals surface area contributed by atoms with Gasteiger partial charge in [-0.05, 0) is 49.6 Å². The second kappa shape index (κ2) is 8.60. The third-order valence-corrected chi connectivity index (χ3v) is 6.31. The molecule has 0 saturated carbocycles. The van der Waals surface area contributed by atoms with Crippen LogP contribution in [0.15, 0.2) is 53.2 Å². The van der Waals surface area contributed by atoms with Crippen molar-refractivity contribution in [3.63, 3.8) is 0 Å². The van der Waals surface area contributed by atoms with Crippen molar-refractivity contribution in [1.82, 2.24) is 19.3 Å². The number of carbonyl (C=O) groups excluding carboxylic acids is 1. The van der Waals surface area contributed by atoms with Gasteiger partial charge in [0.25, 0.3) is 5.91 Å². The topological polar surface area (TPSA) is 63.6 Å². The highest BCUT2D eigenvalue weighted by molar-refractivity contribution is 6.30. The molecule has 0 bridgehead atoms. The van der Waals surface area contributed by atoms with Gasteiger partial charge in [0, 0.05) is 30.7 Å². The number of rotatable bonds is 4. The van der Waals surface area contributed by atoms with Crippen LogP contribution in [0.25, 0.3) is 5.65 Å². The molecule has 0 N–H and O–H groups in total. The second-order valence-electron chi connectivity index (χ2n) is 8.18. The number of nitrogens with zero attached hydrogens (tertiary/aromatic N) is 4. The van der Waals surface area contributed by atoms with Crippen LogP contribution >= 0.6 is 23.2 Å². The second-order valence-corrected chi connectivity index (χ2v) is 9.06. The van der Waals surface area contributed by atoms with Crippen LogP contribution in [-0.2, 0) is 6.42 Å². The lowest BCUT2D eigenvalue weighted by Crippen LogP contribution is -2.40. The van der Waals surface area contributed by atoms with Crippen molar-refractivity contribution in [1.29, 1.82) is 0 Å². The molecule has 4 aromatic rings. The average Bonchev–Trinajstić information content (AvgIpc) is 3.37. The Balaban J connectivity index is 1.34. The molecule has 1 unspecified atom stereocenters. The molecule has 32 heavy (non-hydrogen) atoms. The van der Waals surface area contributed by atoms with Crippen LogP contribution in [0.1, 0.15) is 52.2 Å². The number of pyridine rings is 1. The molecule has 1 fully saturated rings. The van der Waals surface area contributed by atoms with Crippen molar-refractivity contribution in [2.45, 2.75) is 32.1 Å². The van der Waals surface area contributed by atoms with Gasteiger partial charge in [-0.1, -0.05) is 35.3 Å².